The van der Waals surface area contributed by atoms with Gasteiger partial charge in [0.05, 0.1) is 41.5 Å². The van der Waals surface area contributed by atoms with Gasteiger partial charge in [-0.1, -0.05) is 30.3 Å². The fraction of sp³-hybridized carbons (Fsp3) is 0.250. The molecule has 5 nitrogen and oxygen atoms in total. The zero-order chi connectivity index (χ0) is 18.0. The van der Waals surface area contributed by atoms with E-state index in [1.54, 1.807) is 50.2 Å². The average molecular weight is 334 g/mol. The fourth-order valence-electron chi connectivity index (χ4n) is 2.97. The van der Waals surface area contributed by atoms with Crippen molar-refractivity contribution in [1.29, 1.82) is 5.26 Å². The zero-order valence-electron chi connectivity index (χ0n) is 14.2. The molecule has 1 heterocycles. The predicted octanol–water partition coefficient (Wildman–Crippen LogP) is 3.15. The Hall–Kier alpha value is -2.97. The molecule has 2 aromatic carbocycles. The van der Waals surface area contributed by atoms with Crippen LogP contribution in [0.1, 0.15) is 45.7 Å². The summed E-state index contributed by atoms with van der Waals surface area (Å²) < 4.78 is 5.74. The minimum atomic E-state index is -0.797. The van der Waals surface area contributed by atoms with Crippen LogP contribution >= 0.6 is 0 Å². The van der Waals surface area contributed by atoms with Crippen molar-refractivity contribution in [2.75, 3.05) is 6.61 Å². The van der Waals surface area contributed by atoms with E-state index in [4.69, 9.17) is 10.00 Å². The van der Waals surface area contributed by atoms with Crippen LogP contribution in [0.4, 0.5) is 0 Å². The van der Waals surface area contributed by atoms with Gasteiger partial charge in [-0.25, -0.2) is 0 Å². The molecule has 0 saturated carbocycles. The van der Waals surface area contributed by atoms with Gasteiger partial charge < -0.3 is 4.74 Å². The molecule has 2 amide bonds. The van der Waals surface area contributed by atoms with E-state index in [-0.39, 0.29) is 25.0 Å². The maximum Gasteiger partial charge on any atom is 0.262 e. The van der Waals surface area contributed by atoms with Gasteiger partial charge in [0.2, 0.25) is 0 Å². The maximum atomic E-state index is 12.6. The van der Waals surface area contributed by atoms with Crippen molar-refractivity contribution in [3.63, 3.8) is 0 Å². The number of hydrogen-bond acceptors (Lipinski definition) is 4. The third kappa shape index (κ3) is 3.04. The standard InChI is InChI=1S/C20H18N2O3/c1-20(2,13-25-12-15-8-4-3-7-14(15)11-21)22-18(23)16-9-5-6-10-17(16)19(22)24/h3-10H,12-13H2,1-2H3. The highest BCUT2D eigenvalue weighted by Gasteiger charge is 2.43. The summed E-state index contributed by atoms with van der Waals surface area (Å²) in [7, 11) is 0. The van der Waals surface area contributed by atoms with Gasteiger partial charge in [-0.2, -0.15) is 5.26 Å². The Kier molecular flexibility index (Phi) is 4.39. The SMILES string of the molecule is CC(C)(COCc1ccccc1C#N)N1C(=O)c2ccccc2C1=O. The van der Waals surface area contributed by atoms with E-state index in [1.165, 1.54) is 4.90 Å². The molecule has 3 rings (SSSR count). The van der Waals surface area contributed by atoms with E-state index in [9.17, 15) is 9.59 Å². The average Bonchev–Trinajstić information content (AvgIpc) is 2.87. The van der Waals surface area contributed by atoms with Crippen LogP contribution in [0.2, 0.25) is 0 Å². The first kappa shape index (κ1) is 16.9. The van der Waals surface area contributed by atoms with Crippen LogP contribution in [-0.2, 0) is 11.3 Å². The molecule has 0 bridgehead atoms. The van der Waals surface area contributed by atoms with Gasteiger partial charge in [0.15, 0.2) is 0 Å². The van der Waals surface area contributed by atoms with Crippen LogP contribution in [0.25, 0.3) is 0 Å². The summed E-state index contributed by atoms with van der Waals surface area (Å²) in [6.07, 6.45) is 0. The first-order valence-corrected chi connectivity index (χ1v) is 7.99. The van der Waals surface area contributed by atoms with Crippen molar-refractivity contribution < 1.29 is 14.3 Å². The van der Waals surface area contributed by atoms with E-state index >= 15 is 0 Å². The van der Waals surface area contributed by atoms with Crippen LogP contribution in [0, 0.1) is 11.3 Å². The normalized spacial score (nSPS) is 13.7. The minimum Gasteiger partial charge on any atom is -0.374 e. The Morgan fingerprint density at radius 3 is 2.16 bits per heavy atom. The van der Waals surface area contributed by atoms with Gasteiger partial charge in [0.1, 0.15) is 0 Å². The fourth-order valence-corrected chi connectivity index (χ4v) is 2.97. The molecule has 0 aromatic heterocycles. The Morgan fingerprint density at radius 2 is 1.56 bits per heavy atom. The molecule has 5 heteroatoms. The highest BCUT2D eigenvalue weighted by atomic mass is 16.5. The topological polar surface area (TPSA) is 70.4 Å². The van der Waals surface area contributed by atoms with Crippen molar-refractivity contribution in [3.05, 3.63) is 70.8 Å². The lowest BCUT2D eigenvalue weighted by Crippen LogP contribution is -2.50. The summed E-state index contributed by atoms with van der Waals surface area (Å²) in [6.45, 7) is 4.02. The van der Waals surface area contributed by atoms with Gasteiger partial charge in [0.25, 0.3) is 11.8 Å². The molecule has 0 saturated heterocycles. The number of carbonyl (C=O) groups is 2. The van der Waals surface area contributed by atoms with Crippen LogP contribution in [0.15, 0.2) is 48.5 Å². The smallest absolute Gasteiger partial charge is 0.262 e. The quantitative estimate of drug-likeness (QED) is 0.788. The molecule has 1 aliphatic heterocycles. The number of fused-ring (bicyclic) bond motifs is 1. The van der Waals surface area contributed by atoms with E-state index in [2.05, 4.69) is 6.07 Å². The summed E-state index contributed by atoms with van der Waals surface area (Å²) in [4.78, 5) is 26.4. The number of imide groups is 1. The van der Waals surface area contributed by atoms with Gasteiger partial charge >= 0.3 is 0 Å². The Morgan fingerprint density at radius 1 is 1.00 bits per heavy atom. The van der Waals surface area contributed by atoms with E-state index in [0.29, 0.717) is 16.7 Å². The summed E-state index contributed by atoms with van der Waals surface area (Å²) in [5.74, 6) is -0.599. The molecule has 2 aromatic rings. The second kappa shape index (κ2) is 6.50. The van der Waals surface area contributed by atoms with Crippen LogP contribution in [-0.4, -0.2) is 28.9 Å². The molecule has 1 aliphatic rings. The number of nitrogens with zero attached hydrogens (tertiary/aromatic N) is 2. The van der Waals surface area contributed by atoms with E-state index in [1.807, 2.05) is 12.1 Å². The number of carbonyl (C=O) groups excluding carboxylic acids is 2. The second-order valence-electron chi connectivity index (χ2n) is 6.57. The number of amides is 2. The highest BCUT2D eigenvalue weighted by molar-refractivity contribution is 6.21. The Balaban J connectivity index is 1.72. The van der Waals surface area contributed by atoms with Gasteiger partial charge in [-0.15, -0.1) is 0 Å². The van der Waals surface area contributed by atoms with Gasteiger partial charge in [0, 0.05) is 0 Å². The predicted molar refractivity (Wildman–Crippen MR) is 91.8 cm³/mol. The second-order valence-corrected chi connectivity index (χ2v) is 6.57. The van der Waals surface area contributed by atoms with Crippen LogP contribution in [0.5, 0.6) is 0 Å². The molecule has 0 N–H and O–H groups in total. The van der Waals surface area contributed by atoms with Gasteiger partial charge in [-0.05, 0) is 37.6 Å². The summed E-state index contributed by atoms with van der Waals surface area (Å²) >= 11 is 0. The largest absolute Gasteiger partial charge is 0.374 e. The molecule has 0 atom stereocenters. The van der Waals surface area contributed by atoms with Crippen LogP contribution < -0.4 is 0 Å². The number of nitriles is 1. The highest BCUT2D eigenvalue weighted by Crippen LogP contribution is 2.29. The molecule has 126 valence electrons. The third-order valence-electron chi connectivity index (χ3n) is 4.25. The van der Waals surface area contributed by atoms with Crippen molar-refractivity contribution >= 4 is 11.8 Å². The van der Waals surface area contributed by atoms with E-state index < -0.39 is 5.54 Å². The lowest BCUT2D eigenvalue weighted by molar-refractivity contribution is 0.0118. The third-order valence-corrected chi connectivity index (χ3v) is 4.25. The molecule has 0 fully saturated rings. The number of ether oxygens (including phenoxy) is 1. The first-order chi connectivity index (χ1) is 12.0. The van der Waals surface area contributed by atoms with Crippen molar-refractivity contribution in [1.82, 2.24) is 4.90 Å². The molecule has 0 radical (unpaired) electrons. The summed E-state index contributed by atoms with van der Waals surface area (Å²) in [6, 6.07) is 16.1. The molecular weight excluding hydrogens is 316 g/mol. The van der Waals surface area contributed by atoms with E-state index in [0.717, 1.165) is 5.56 Å². The molecule has 25 heavy (non-hydrogen) atoms. The number of rotatable bonds is 5. The number of benzene rings is 2. The van der Waals surface area contributed by atoms with Crippen LogP contribution in [0.3, 0.4) is 0 Å². The molecule has 0 aliphatic carbocycles. The van der Waals surface area contributed by atoms with Crippen molar-refractivity contribution in [2.45, 2.75) is 26.0 Å². The monoisotopic (exact) mass is 334 g/mol. The Bertz CT molecular complexity index is 846. The minimum absolute atomic E-state index is 0.179. The van der Waals surface area contributed by atoms with Crippen molar-refractivity contribution in [3.8, 4) is 6.07 Å². The summed E-state index contributed by atoms with van der Waals surface area (Å²) in [5, 5.41) is 9.12. The molecular formula is C20H18N2O3. The molecule has 0 unspecified atom stereocenters. The lowest BCUT2D eigenvalue weighted by Gasteiger charge is -2.33. The summed E-state index contributed by atoms with van der Waals surface area (Å²) in [5.41, 5.74) is 1.39. The maximum absolute atomic E-state index is 12.6. The zero-order valence-corrected chi connectivity index (χ0v) is 14.2. The van der Waals surface area contributed by atoms with Crippen molar-refractivity contribution in [2.24, 2.45) is 0 Å². The number of hydrogen-bond donors (Lipinski definition) is 0. The first-order valence-electron chi connectivity index (χ1n) is 7.99. The Labute approximate surface area is 146 Å². The lowest BCUT2D eigenvalue weighted by atomic mass is 10.0. The van der Waals surface area contributed by atoms with Gasteiger partial charge in [-0.3, -0.25) is 14.5 Å². The molecule has 0 spiro atoms.